The van der Waals surface area contributed by atoms with E-state index in [2.05, 4.69) is 31.2 Å². The first-order chi connectivity index (χ1) is 9.52. The lowest BCUT2D eigenvalue weighted by Crippen LogP contribution is -2.04. The molecule has 2 aromatic rings. The van der Waals surface area contributed by atoms with Gasteiger partial charge in [-0.1, -0.05) is 12.1 Å². The fraction of sp³-hybridized carbons (Fsp3) is 0.231. The molecular weight excluding hydrogens is 324 g/mol. The lowest BCUT2D eigenvalue weighted by Gasteiger charge is -2.10. The van der Waals surface area contributed by atoms with Gasteiger partial charge in [0.05, 0.1) is 15.1 Å². The van der Waals surface area contributed by atoms with Crippen LogP contribution in [0.25, 0.3) is 11.4 Å². The highest BCUT2D eigenvalue weighted by molar-refractivity contribution is 9.10. The lowest BCUT2D eigenvalue weighted by molar-refractivity contribution is -0.384. The van der Waals surface area contributed by atoms with Crippen LogP contribution in [0, 0.1) is 17.0 Å². The van der Waals surface area contributed by atoms with Crippen LogP contribution in [-0.4, -0.2) is 21.4 Å². The SMILES string of the molecule is CCNc1nc(-c2cccc([N+](=O)[O-])c2)nc(C)c1Br. The number of nitrogens with one attached hydrogen (secondary N) is 1. The minimum absolute atomic E-state index is 0.0247. The van der Waals surface area contributed by atoms with Crippen molar-refractivity contribution in [3.8, 4) is 11.4 Å². The number of benzene rings is 1. The topological polar surface area (TPSA) is 81.0 Å². The number of hydrogen-bond donors (Lipinski definition) is 1. The average molecular weight is 337 g/mol. The first-order valence-electron chi connectivity index (χ1n) is 6.05. The summed E-state index contributed by atoms with van der Waals surface area (Å²) in [5, 5.41) is 14.0. The fourth-order valence-electron chi connectivity index (χ4n) is 1.73. The molecule has 0 spiro atoms. The van der Waals surface area contributed by atoms with Gasteiger partial charge in [0.2, 0.25) is 0 Å². The zero-order chi connectivity index (χ0) is 14.7. The zero-order valence-corrected chi connectivity index (χ0v) is 12.6. The van der Waals surface area contributed by atoms with E-state index in [9.17, 15) is 10.1 Å². The molecule has 7 heteroatoms. The van der Waals surface area contributed by atoms with Gasteiger partial charge in [-0.15, -0.1) is 0 Å². The third-order valence-corrected chi connectivity index (χ3v) is 3.63. The number of rotatable bonds is 4. The van der Waals surface area contributed by atoms with Gasteiger partial charge in [0, 0.05) is 24.2 Å². The summed E-state index contributed by atoms with van der Waals surface area (Å²) in [6.07, 6.45) is 0. The third-order valence-electron chi connectivity index (χ3n) is 2.68. The van der Waals surface area contributed by atoms with Crippen molar-refractivity contribution in [1.82, 2.24) is 9.97 Å². The molecule has 0 atom stereocenters. The van der Waals surface area contributed by atoms with Crippen LogP contribution in [0.4, 0.5) is 11.5 Å². The Hall–Kier alpha value is -2.02. The fourth-order valence-corrected chi connectivity index (χ4v) is 2.05. The summed E-state index contributed by atoms with van der Waals surface area (Å²) in [6, 6.07) is 6.30. The van der Waals surface area contributed by atoms with Crippen molar-refractivity contribution in [3.63, 3.8) is 0 Å². The standard InChI is InChI=1S/C13H13BrN4O2/c1-3-15-13-11(14)8(2)16-12(17-13)9-5-4-6-10(7-9)18(19)20/h4-7H,3H2,1-2H3,(H,15,16,17). The lowest BCUT2D eigenvalue weighted by atomic mass is 10.2. The predicted octanol–water partition coefficient (Wildman–Crippen LogP) is 3.55. The molecule has 1 aromatic carbocycles. The van der Waals surface area contributed by atoms with Gasteiger partial charge in [-0.3, -0.25) is 10.1 Å². The van der Waals surface area contributed by atoms with Crippen LogP contribution >= 0.6 is 15.9 Å². The number of hydrogen-bond acceptors (Lipinski definition) is 5. The highest BCUT2D eigenvalue weighted by Crippen LogP contribution is 2.28. The van der Waals surface area contributed by atoms with Crippen LogP contribution in [0.2, 0.25) is 0 Å². The molecule has 0 bridgehead atoms. The maximum absolute atomic E-state index is 10.8. The van der Waals surface area contributed by atoms with Crippen molar-refractivity contribution >= 4 is 27.4 Å². The van der Waals surface area contributed by atoms with Crippen LogP contribution < -0.4 is 5.32 Å². The number of nitro benzene ring substituents is 1. The Labute approximate surface area is 124 Å². The Bertz CT molecular complexity index is 661. The number of anilines is 1. The highest BCUT2D eigenvalue weighted by Gasteiger charge is 2.13. The molecule has 0 saturated heterocycles. The van der Waals surface area contributed by atoms with Crippen molar-refractivity contribution in [2.45, 2.75) is 13.8 Å². The van der Waals surface area contributed by atoms with Gasteiger partial charge >= 0.3 is 0 Å². The zero-order valence-electron chi connectivity index (χ0n) is 11.1. The summed E-state index contributed by atoms with van der Waals surface area (Å²) in [6.45, 7) is 4.55. The van der Waals surface area contributed by atoms with Crippen LogP contribution in [0.3, 0.4) is 0 Å². The van der Waals surface area contributed by atoms with E-state index in [4.69, 9.17) is 0 Å². The molecule has 1 heterocycles. The summed E-state index contributed by atoms with van der Waals surface area (Å²) < 4.78 is 0.800. The summed E-state index contributed by atoms with van der Waals surface area (Å²) in [5.41, 5.74) is 1.42. The second kappa shape index (κ2) is 5.96. The first-order valence-corrected chi connectivity index (χ1v) is 6.85. The minimum atomic E-state index is -0.430. The Morgan fingerprint density at radius 3 is 2.80 bits per heavy atom. The molecule has 2 rings (SSSR count). The van der Waals surface area contributed by atoms with E-state index in [-0.39, 0.29) is 5.69 Å². The molecule has 0 saturated carbocycles. The number of non-ortho nitro benzene ring substituents is 1. The van der Waals surface area contributed by atoms with E-state index in [1.807, 2.05) is 13.8 Å². The quantitative estimate of drug-likeness (QED) is 0.681. The van der Waals surface area contributed by atoms with Crippen molar-refractivity contribution in [2.24, 2.45) is 0 Å². The summed E-state index contributed by atoms with van der Waals surface area (Å²) in [7, 11) is 0. The molecule has 0 unspecified atom stereocenters. The number of aromatic nitrogens is 2. The van der Waals surface area contributed by atoms with Gasteiger partial charge in [-0.05, 0) is 29.8 Å². The smallest absolute Gasteiger partial charge is 0.270 e. The monoisotopic (exact) mass is 336 g/mol. The molecular formula is C13H13BrN4O2. The third kappa shape index (κ3) is 2.93. The number of halogens is 1. The maximum Gasteiger partial charge on any atom is 0.270 e. The molecule has 0 amide bonds. The van der Waals surface area contributed by atoms with Crippen molar-refractivity contribution < 1.29 is 4.92 Å². The Kier molecular flexibility index (Phi) is 4.29. The van der Waals surface area contributed by atoms with E-state index >= 15 is 0 Å². The van der Waals surface area contributed by atoms with E-state index in [0.717, 1.165) is 16.7 Å². The molecule has 6 nitrogen and oxygen atoms in total. The molecule has 104 valence electrons. The molecule has 1 N–H and O–H groups in total. The predicted molar refractivity (Wildman–Crippen MR) is 80.7 cm³/mol. The van der Waals surface area contributed by atoms with Gasteiger partial charge in [0.25, 0.3) is 5.69 Å². The van der Waals surface area contributed by atoms with Crippen LogP contribution in [0.15, 0.2) is 28.7 Å². The molecule has 0 radical (unpaired) electrons. The molecule has 0 aliphatic carbocycles. The molecule has 0 aliphatic rings. The second-order valence-electron chi connectivity index (χ2n) is 4.13. The first kappa shape index (κ1) is 14.4. The van der Waals surface area contributed by atoms with Gasteiger partial charge in [0.15, 0.2) is 5.82 Å². The largest absolute Gasteiger partial charge is 0.369 e. The Morgan fingerprint density at radius 1 is 1.40 bits per heavy atom. The maximum atomic E-state index is 10.8. The summed E-state index contributed by atoms with van der Waals surface area (Å²) in [4.78, 5) is 19.2. The van der Waals surface area contributed by atoms with Crippen molar-refractivity contribution in [3.05, 3.63) is 44.5 Å². The van der Waals surface area contributed by atoms with E-state index in [0.29, 0.717) is 17.2 Å². The number of aryl methyl sites for hydroxylation is 1. The Morgan fingerprint density at radius 2 is 2.15 bits per heavy atom. The van der Waals surface area contributed by atoms with Gasteiger partial charge in [-0.2, -0.15) is 0 Å². The van der Waals surface area contributed by atoms with E-state index in [1.54, 1.807) is 12.1 Å². The van der Waals surface area contributed by atoms with Crippen LogP contribution in [-0.2, 0) is 0 Å². The minimum Gasteiger partial charge on any atom is -0.369 e. The Balaban J connectivity index is 2.52. The van der Waals surface area contributed by atoms with Crippen LogP contribution in [0.1, 0.15) is 12.6 Å². The molecule has 0 fully saturated rings. The highest BCUT2D eigenvalue weighted by atomic mass is 79.9. The second-order valence-corrected chi connectivity index (χ2v) is 4.93. The molecule has 0 aliphatic heterocycles. The average Bonchev–Trinajstić information content (AvgIpc) is 2.44. The number of nitrogens with zero attached hydrogens (tertiary/aromatic N) is 3. The molecule has 1 aromatic heterocycles. The normalized spacial score (nSPS) is 10.3. The summed E-state index contributed by atoms with van der Waals surface area (Å²) >= 11 is 3.43. The number of nitro groups is 1. The van der Waals surface area contributed by atoms with Gasteiger partial charge in [-0.25, -0.2) is 9.97 Å². The summed E-state index contributed by atoms with van der Waals surface area (Å²) in [5.74, 6) is 1.15. The van der Waals surface area contributed by atoms with E-state index < -0.39 is 4.92 Å². The van der Waals surface area contributed by atoms with Crippen LogP contribution in [0.5, 0.6) is 0 Å². The van der Waals surface area contributed by atoms with Crippen molar-refractivity contribution in [2.75, 3.05) is 11.9 Å². The van der Waals surface area contributed by atoms with E-state index in [1.165, 1.54) is 12.1 Å². The van der Waals surface area contributed by atoms with Gasteiger partial charge in [0.1, 0.15) is 5.82 Å². The van der Waals surface area contributed by atoms with Gasteiger partial charge < -0.3 is 5.32 Å². The van der Waals surface area contributed by atoms with Crippen molar-refractivity contribution in [1.29, 1.82) is 0 Å². The molecule has 20 heavy (non-hydrogen) atoms.